The van der Waals surface area contributed by atoms with Crippen LogP contribution in [0.1, 0.15) is 25.1 Å². The lowest BCUT2D eigenvalue weighted by atomic mass is 10.2. The molecule has 3 N–H and O–H groups in total. The summed E-state index contributed by atoms with van der Waals surface area (Å²) < 4.78 is 5.57. The molecule has 0 atom stereocenters. The number of amides is 1. The lowest BCUT2D eigenvalue weighted by Gasteiger charge is -2.10. The van der Waals surface area contributed by atoms with Gasteiger partial charge < -0.3 is 20.4 Å². The van der Waals surface area contributed by atoms with Crippen molar-refractivity contribution in [3.63, 3.8) is 0 Å². The van der Waals surface area contributed by atoms with Gasteiger partial charge in [-0.15, -0.1) is 0 Å². The Balaban J connectivity index is 1.61. The molecule has 0 spiro atoms. The molecule has 2 aromatic carbocycles. The molecule has 0 radical (unpaired) electrons. The molecule has 0 aliphatic heterocycles. The van der Waals surface area contributed by atoms with Gasteiger partial charge >= 0.3 is 0 Å². The minimum Gasteiger partial charge on any atom is -0.444 e. The Bertz CT molecular complexity index is 966. The average molecular weight is 391 g/mol. The number of oxazole rings is 1. The number of carbonyl (C=O) groups is 1. The van der Waals surface area contributed by atoms with Crippen LogP contribution in [0.15, 0.2) is 70.3 Å². The monoisotopic (exact) mass is 391 g/mol. The molecule has 0 saturated heterocycles. The lowest BCUT2D eigenvalue weighted by Crippen LogP contribution is -2.36. The lowest BCUT2D eigenvalue weighted by molar-refractivity contribution is -0.114. The Morgan fingerprint density at radius 2 is 1.93 bits per heavy atom. The van der Waals surface area contributed by atoms with Crippen molar-refractivity contribution in [1.82, 2.24) is 15.6 Å². The fourth-order valence-corrected chi connectivity index (χ4v) is 2.74. The fourth-order valence-electron chi connectivity index (χ4n) is 2.74. The number of nitrogens with zero attached hydrogens (tertiary/aromatic N) is 2. The minimum atomic E-state index is -0.0943. The molecule has 1 aromatic heterocycles. The van der Waals surface area contributed by atoms with Gasteiger partial charge in [0, 0.05) is 24.7 Å². The maximum atomic E-state index is 11.2. The van der Waals surface area contributed by atoms with Gasteiger partial charge in [0.15, 0.2) is 5.96 Å². The standard InChI is InChI=1S/C22H25N5O2/c1-3-23-22(24-13-17-8-7-11-19(12-17)26-16(2)28)25-14-20-15-29-21(27-20)18-9-5-4-6-10-18/h4-12,15H,3,13-14H2,1-2H3,(H,26,28)(H2,23,24,25). The topological polar surface area (TPSA) is 91.5 Å². The van der Waals surface area contributed by atoms with Crippen molar-refractivity contribution in [2.75, 3.05) is 11.9 Å². The van der Waals surface area contributed by atoms with Crippen LogP contribution in [0, 0.1) is 0 Å². The molecule has 3 aromatic rings. The number of guanidine groups is 1. The first-order chi connectivity index (χ1) is 14.1. The van der Waals surface area contributed by atoms with Crippen LogP contribution in [-0.2, 0) is 17.9 Å². The molecule has 3 rings (SSSR count). The fraction of sp³-hybridized carbons (Fsp3) is 0.227. The van der Waals surface area contributed by atoms with Crippen LogP contribution in [0.3, 0.4) is 0 Å². The zero-order valence-electron chi connectivity index (χ0n) is 16.6. The van der Waals surface area contributed by atoms with E-state index in [-0.39, 0.29) is 5.91 Å². The van der Waals surface area contributed by atoms with E-state index in [1.165, 1.54) is 6.92 Å². The van der Waals surface area contributed by atoms with Gasteiger partial charge in [-0.1, -0.05) is 30.3 Å². The molecule has 150 valence electrons. The Labute approximate surface area is 170 Å². The molecule has 0 fully saturated rings. The van der Waals surface area contributed by atoms with Crippen LogP contribution in [0.2, 0.25) is 0 Å². The second-order valence-corrected chi connectivity index (χ2v) is 6.44. The molecule has 1 heterocycles. The van der Waals surface area contributed by atoms with E-state index >= 15 is 0 Å². The van der Waals surface area contributed by atoms with Crippen molar-refractivity contribution >= 4 is 17.6 Å². The second kappa shape index (κ2) is 10.1. The second-order valence-electron chi connectivity index (χ2n) is 6.44. The molecule has 0 bridgehead atoms. The van der Waals surface area contributed by atoms with E-state index < -0.39 is 0 Å². The van der Waals surface area contributed by atoms with Crippen molar-refractivity contribution in [2.45, 2.75) is 26.9 Å². The van der Waals surface area contributed by atoms with Crippen LogP contribution in [-0.4, -0.2) is 23.4 Å². The number of anilines is 1. The number of carbonyl (C=O) groups excluding carboxylic acids is 1. The van der Waals surface area contributed by atoms with Crippen LogP contribution in [0.25, 0.3) is 11.5 Å². The van der Waals surface area contributed by atoms with Crippen LogP contribution >= 0.6 is 0 Å². The zero-order chi connectivity index (χ0) is 20.5. The van der Waals surface area contributed by atoms with E-state index in [4.69, 9.17) is 4.42 Å². The molecule has 0 aliphatic carbocycles. The van der Waals surface area contributed by atoms with Crippen molar-refractivity contribution < 1.29 is 9.21 Å². The summed E-state index contributed by atoms with van der Waals surface area (Å²) in [6.07, 6.45) is 1.65. The predicted octanol–water partition coefficient (Wildman–Crippen LogP) is 3.56. The Morgan fingerprint density at radius 3 is 2.69 bits per heavy atom. The summed E-state index contributed by atoms with van der Waals surface area (Å²) in [7, 11) is 0. The summed E-state index contributed by atoms with van der Waals surface area (Å²) >= 11 is 0. The highest BCUT2D eigenvalue weighted by molar-refractivity contribution is 5.88. The summed E-state index contributed by atoms with van der Waals surface area (Å²) in [5.74, 6) is 1.18. The quantitative estimate of drug-likeness (QED) is 0.423. The highest BCUT2D eigenvalue weighted by Gasteiger charge is 2.07. The van der Waals surface area contributed by atoms with E-state index in [1.54, 1.807) is 6.26 Å². The first-order valence-electron chi connectivity index (χ1n) is 9.52. The summed E-state index contributed by atoms with van der Waals surface area (Å²) in [6, 6.07) is 17.4. The molecular weight excluding hydrogens is 366 g/mol. The number of aromatic nitrogens is 1. The van der Waals surface area contributed by atoms with Gasteiger partial charge in [0.25, 0.3) is 0 Å². The maximum Gasteiger partial charge on any atom is 0.226 e. The third-order valence-corrected chi connectivity index (χ3v) is 4.02. The van der Waals surface area contributed by atoms with E-state index in [2.05, 4.69) is 25.9 Å². The minimum absolute atomic E-state index is 0.0943. The van der Waals surface area contributed by atoms with E-state index in [0.29, 0.717) is 24.9 Å². The molecule has 0 saturated carbocycles. The predicted molar refractivity (Wildman–Crippen MR) is 114 cm³/mol. The Kier molecular flexibility index (Phi) is 7.00. The molecule has 0 aliphatic rings. The number of benzene rings is 2. The number of hydrogen-bond acceptors (Lipinski definition) is 4. The van der Waals surface area contributed by atoms with Gasteiger partial charge in [-0.25, -0.2) is 9.98 Å². The normalized spacial score (nSPS) is 11.2. The van der Waals surface area contributed by atoms with Gasteiger partial charge in [-0.05, 0) is 36.8 Å². The third-order valence-electron chi connectivity index (χ3n) is 4.02. The largest absolute Gasteiger partial charge is 0.444 e. The number of rotatable bonds is 7. The highest BCUT2D eigenvalue weighted by Crippen LogP contribution is 2.17. The van der Waals surface area contributed by atoms with Crippen LogP contribution < -0.4 is 16.0 Å². The molecular formula is C22H25N5O2. The molecule has 7 heteroatoms. The third kappa shape index (κ3) is 6.21. The maximum absolute atomic E-state index is 11.2. The molecule has 7 nitrogen and oxygen atoms in total. The van der Waals surface area contributed by atoms with Gasteiger partial charge in [0.05, 0.1) is 18.8 Å². The zero-order valence-corrected chi connectivity index (χ0v) is 16.6. The summed E-state index contributed by atoms with van der Waals surface area (Å²) in [5, 5.41) is 9.27. The van der Waals surface area contributed by atoms with Crippen molar-refractivity contribution in [2.24, 2.45) is 4.99 Å². The smallest absolute Gasteiger partial charge is 0.226 e. The number of hydrogen-bond donors (Lipinski definition) is 3. The van der Waals surface area contributed by atoms with Crippen LogP contribution in [0.5, 0.6) is 0 Å². The molecule has 0 unspecified atom stereocenters. The Hall–Kier alpha value is -3.61. The summed E-state index contributed by atoms with van der Waals surface area (Å²) in [5.41, 5.74) is 3.50. The highest BCUT2D eigenvalue weighted by atomic mass is 16.3. The summed E-state index contributed by atoms with van der Waals surface area (Å²) in [4.78, 5) is 20.3. The number of aliphatic imine (C=N–C) groups is 1. The molecule has 1 amide bonds. The van der Waals surface area contributed by atoms with Crippen molar-refractivity contribution in [3.8, 4) is 11.5 Å². The SMILES string of the molecule is CCNC(=NCc1cccc(NC(C)=O)c1)NCc1coc(-c2ccccc2)n1. The van der Waals surface area contributed by atoms with Crippen molar-refractivity contribution in [1.29, 1.82) is 0 Å². The Morgan fingerprint density at radius 1 is 1.10 bits per heavy atom. The average Bonchev–Trinajstić information content (AvgIpc) is 3.20. The number of nitrogens with one attached hydrogen (secondary N) is 3. The van der Waals surface area contributed by atoms with Crippen LogP contribution in [0.4, 0.5) is 5.69 Å². The van der Waals surface area contributed by atoms with E-state index in [0.717, 1.165) is 29.1 Å². The van der Waals surface area contributed by atoms with Crippen molar-refractivity contribution in [3.05, 3.63) is 72.1 Å². The van der Waals surface area contributed by atoms with E-state index in [9.17, 15) is 4.79 Å². The van der Waals surface area contributed by atoms with E-state index in [1.807, 2.05) is 61.5 Å². The van der Waals surface area contributed by atoms with Gasteiger partial charge in [0.2, 0.25) is 11.8 Å². The van der Waals surface area contributed by atoms with Gasteiger partial charge in [-0.2, -0.15) is 0 Å². The first-order valence-corrected chi connectivity index (χ1v) is 9.52. The summed E-state index contributed by atoms with van der Waals surface area (Å²) in [6.45, 7) is 5.22. The van der Waals surface area contributed by atoms with Gasteiger partial charge in [-0.3, -0.25) is 4.79 Å². The molecule has 29 heavy (non-hydrogen) atoms. The van der Waals surface area contributed by atoms with Gasteiger partial charge in [0.1, 0.15) is 6.26 Å². The first kappa shape index (κ1) is 20.1.